The van der Waals surface area contributed by atoms with Gasteiger partial charge in [-0.2, -0.15) is 5.10 Å². The molecule has 0 bridgehead atoms. The average molecular weight is 262 g/mol. The van der Waals surface area contributed by atoms with Crippen LogP contribution in [0.4, 0.5) is 5.82 Å². The molecule has 0 saturated carbocycles. The summed E-state index contributed by atoms with van der Waals surface area (Å²) in [4.78, 5) is 0. The normalized spacial score (nSPS) is 24.2. The number of nitrogens with zero attached hydrogens (tertiary/aromatic N) is 2. The molecule has 0 radical (unpaired) electrons. The Kier molecular flexibility index (Phi) is 3.03. The lowest BCUT2D eigenvalue weighted by Gasteiger charge is -2.21. The lowest BCUT2D eigenvalue weighted by molar-refractivity contribution is 0.547. The fourth-order valence-electron chi connectivity index (χ4n) is 1.85. The standard InChI is InChI=1S/C9H12ClN3O2S/c10-7-4-8(12-13-9(7)11)6-2-1-3-16(14,15)5-6/h4,6H,1-3,5H2,(H2,11,13). The van der Waals surface area contributed by atoms with Crippen molar-refractivity contribution in [2.75, 3.05) is 17.2 Å². The number of hydrogen-bond acceptors (Lipinski definition) is 5. The van der Waals surface area contributed by atoms with Crippen LogP contribution in [-0.4, -0.2) is 30.1 Å². The van der Waals surface area contributed by atoms with Gasteiger partial charge in [-0.1, -0.05) is 11.6 Å². The Hall–Kier alpha value is -0.880. The van der Waals surface area contributed by atoms with E-state index in [0.717, 1.165) is 6.42 Å². The molecule has 5 nitrogen and oxygen atoms in total. The van der Waals surface area contributed by atoms with Crippen molar-refractivity contribution in [3.8, 4) is 0 Å². The lowest BCUT2D eigenvalue weighted by atomic mass is 10.0. The zero-order valence-electron chi connectivity index (χ0n) is 8.56. The zero-order valence-corrected chi connectivity index (χ0v) is 10.1. The minimum absolute atomic E-state index is 0.107. The number of aromatic nitrogens is 2. The van der Waals surface area contributed by atoms with E-state index in [4.69, 9.17) is 17.3 Å². The molecule has 1 aliphatic rings. The summed E-state index contributed by atoms with van der Waals surface area (Å²) >= 11 is 5.83. The first-order chi connectivity index (χ1) is 7.48. The quantitative estimate of drug-likeness (QED) is 0.815. The van der Waals surface area contributed by atoms with Gasteiger partial charge in [-0.05, 0) is 18.9 Å². The predicted octanol–water partition coefficient (Wildman–Crippen LogP) is 1.00. The Morgan fingerprint density at radius 1 is 1.44 bits per heavy atom. The molecule has 1 fully saturated rings. The molecule has 2 heterocycles. The molecule has 0 spiro atoms. The number of nitrogen functional groups attached to an aromatic ring is 1. The van der Waals surface area contributed by atoms with E-state index < -0.39 is 9.84 Å². The number of sulfone groups is 1. The minimum atomic E-state index is -2.95. The summed E-state index contributed by atoms with van der Waals surface area (Å²) in [5.74, 6) is 0.454. The molecule has 1 aromatic heterocycles. The van der Waals surface area contributed by atoms with Crippen molar-refractivity contribution in [3.05, 3.63) is 16.8 Å². The molecule has 1 saturated heterocycles. The Balaban J connectivity index is 2.27. The Labute approximate surface area is 98.9 Å². The van der Waals surface area contributed by atoms with Gasteiger partial charge in [-0.15, -0.1) is 5.10 Å². The second kappa shape index (κ2) is 4.18. The van der Waals surface area contributed by atoms with Crippen molar-refractivity contribution in [3.63, 3.8) is 0 Å². The van der Waals surface area contributed by atoms with Crippen LogP contribution >= 0.6 is 11.6 Å². The lowest BCUT2D eigenvalue weighted by Crippen LogP contribution is -2.24. The largest absolute Gasteiger partial charge is 0.381 e. The SMILES string of the molecule is Nc1nnc(C2CCCS(=O)(=O)C2)cc1Cl. The van der Waals surface area contributed by atoms with E-state index in [1.165, 1.54) is 0 Å². The number of anilines is 1. The summed E-state index contributed by atoms with van der Waals surface area (Å²) < 4.78 is 23.0. The molecule has 2 N–H and O–H groups in total. The fraction of sp³-hybridized carbons (Fsp3) is 0.556. The van der Waals surface area contributed by atoms with E-state index in [0.29, 0.717) is 17.1 Å². The van der Waals surface area contributed by atoms with Crippen molar-refractivity contribution in [1.29, 1.82) is 0 Å². The van der Waals surface area contributed by atoms with Crippen LogP contribution in [0.15, 0.2) is 6.07 Å². The first kappa shape index (κ1) is 11.6. The van der Waals surface area contributed by atoms with Crippen LogP contribution in [0.5, 0.6) is 0 Å². The molecule has 7 heteroatoms. The highest BCUT2D eigenvalue weighted by molar-refractivity contribution is 7.91. The second-order valence-electron chi connectivity index (χ2n) is 3.96. The van der Waals surface area contributed by atoms with Gasteiger partial charge >= 0.3 is 0 Å². The summed E-state index contributed by atoms with van der Waals surface area (Å²) in [6.07, 6.45) is 1.46. The van der Waals surface area contributed by atoms with Crippen LogP contribution in [0.3, 0.4) is 0 Å². The van der Waals surface area contributed by atoms with E-state index in [1.807, 2.05) is 0 Å². The van der Waals surface area contributed by atoms with Crippen LogP contribution in [0.1, 0.15) is 24.5 Å². The monoisotopic (exact) mass is 261 g/mol. The number of nitrogens with two attached hydrogens (primary N) is 1. The molecule has 1 atom stereocenters. The van der Waals surface area contributed by atoms with Crippen LogP contribution < -0.4 is 5.73 Å². The molecule has 0 aromatic carbocycles. The van der Waals surface area contributed by atoms with Crippen LogP contribution in [0.2, 0.25) is 5.02 Å². The Morgan fingerprint density at radius 2 is 2.19 bits per heavy atom. The Bertz CT molecular complexity index is 503. The Morgan fingerprint density at radius 3 is 2.81 bits per heavy atom. The number of rotatable bonds is 1. The highest BCUT2D eigenvalue weighted by Gasteiger charge is 2.27. The van der Waals surface area contributed by atoms with Crippen LogP contribution in [-0.2, 0) is 9.84 Å². The third kappa shape index (κ3) is 2.44. The maximum Gasteiger partial charge on any atom is 0.164 e. The van der Waals surface area contributed by atoms with E-state index in [9.17, 15) is 8.42 Å². The molecule has 88 valence electrons. The summed E-state index contributed by atoms with van der Waals surface area (Å²) in [5.41, 5.74) is 6.06. The predicted molar refractivity (Wildman–Crippen MR) is 62.1 cm³/mol. The summed E-state index contributed by atoms with van der Waals surface area (Å²) in [5, 5.41) is 7.93. The number of halogens is 1. The zero-order chi connectivity index (χ0) is 11.8. The van der Waals surface area contributed by atoms with Gasteiger partial charge in [0, 0.05) is 5.92 Å². The molecule has 0 amide bonds. The van der Waals surface area contributed by atoms with Crippen LogP contribution in [0, 0.1) is 0 Å². The van der Waals surface area contributed by atoms with Crippen molar-refractivity contribution >= 4 is 27.3 Å². The van der Waals surface area contributed by atoms with Gasteiger partial charge < -0.3 is 5.73 Å². The third-order valence-electron chi connectivity index (χ3n) is 2.67. The van der Waals surface area contributed by atoms with Crippen LogP contribution in [0.25, 0.3) is 0 Å². The van der Waals surface area contributed by atoms with E-state index >= 15 is 0 Å². The molecule has 16 heavy (non-hydrogen) atoms. The van der Waals surface area contributed by atoms with Gasteiger partial charge in [0.25, 0.3) is 0 Å². The van der Waals surface area contributed by atoms with Gasteiger partial charge in [0.1, 0.15) is 0 Å². The summed E-state index contributed by atoms with van der Waals surface area (Å²) in [7, 11) is -2.95. The molecule has 2 rings (SSSR count). The first-order valence-corrected chi connectivity index (χ1v) is 7.17. The van der Waals surface area contributed by atoms with Gasteiger partial charge in [0.15, 0.2) is 15.7 Å². The fourth-order valence-corrected chi connectivity index (χ4v) is 3.72. The van der Waals surface area contributed by atoms with E-state index in [-0.39, 0.29) is 23.2 Å². The molecule has 1 aliphatic heterocycles. The smallest absolute Gasteiger partial charge is 0.164 e. The maximum atomic E-state index is 11.5. The van der Waals surface area contributed by atoms with Crippen molar-refractivity contribution in [1.82, 2.24) is 10.2 Å². The highest BCUT2D eigenvalue weighted by Crippen LogP contribution is 2.28. The van der Waals surface area contributed by atoms with E-state index in [1.54, 1.807) is 6.07 Å². The maximum absolute atomic E-state index is 11.5. The molecule has 1 unspecified atom stereocenters. The van der Waals surface area contributed by atoms with Crippen molar-refractivity contribution < 1.29 is 8.42 Å². The van der Waals surface area contributed by atoms with E-state index in [2.05, 4.69) is 10.2 Å². The van der Waals surface area contributed by atoms with Crippen molar-refractivity contribution in [2.24, 2.45) is 0 Å². The topological polar surface area (TPSA) is 85.9 Å². The van der Waals surface area contributed by atoms with Gasteiger partial charge in [-0.3, -0.25) is 0 Å². The van der Waals surface area contributed by atoms with Crippen molar-refractivity contribution in [2.45, 2.75) is 18.8 Å². The van der Waals surface area contributed by atoms with Gasteiger partial charge in [-0.25, -0.2) is 8.42 Å². The second-order valence-corrected chi connectivity index (χ2v) is 6.59. The van der Waals surface area contributed by atoms with Gasteiger partial charge in [0.05, 0.1) is 22.2 Å². The first-order valence-electron chi connectivity index (χ1n) is 4.97. The van der Waals surface area contributed by atoms with Gasteiger partial charge in [0.2, 0.25) is 0 Å². The number of hydrogen-bond donors (Lipinski definition) is 1. The molecular formula is C9H12ClN3O2S. The summed E-state index contributed by atoms with van der Waals surface area (Å²) in [6.45, 7) is 0. The highest BCUT2D eigenvalue weighted by atomic mass is 35.5. The molecule has 0 aliphatic carbocycles. The summed E-state index contributed by atoms with van der Waals surface area (Å²) in [6, 6.07) is 1.61. The minimum Gasteiger partial charge on any atom is -0.381 e. The average Bonchev–Trinajstić information content (AvgIpc) is 2.20. The molecular weight excluding hydrogens is 250 g/mol. The third-order valence-corrected chi connectivity index (χ3v) is 4.80. The molecule has 1 aromatic rings.